The lowest BCUT2D eigenvalue weighted by Crippen LogP contribution is -1.65. The van der Waals surface area contributed by atoms with E-state index in [0.717, 1.165) is 0 Å². The maximum absolute atomic E-state index is 2.25. The van der Waals surface area contributed by atoms with E-state index in [0.29, 0.717) is 0 Å². The molecule has 2 aromatic rings. The Bertz CT molecular complexity index is 387. The molecule has 0 aliphatic carbocycles. The predicted molar refractivity (Wildman–Crippen MR) is 53.6 cm³/mol. The van der Waals surface area contributed by atoms with Crippen LogP contribution in [0.4, 0.5) is 0 Å². The molecular weight excluding hydrogens is 172 g/mol. The van der Waals surface area contributed by atoms with Crippen molar-refractivity contribution in [3.8, 4) is 0 Å². The molecule has 1 heterocycles. The lowest BCUT2D eigenvalue weighted by molar-refractivity contribution is 1.52. The highest BCUT2D eigenvalue weighted by Gasteiger charge is 2.10. The molecule has 0 atom stereocenters. The normalized spacial score (nSPS) is 10.7. The minimum absolute atomic E-state index is 1.35. The van der Waals surface area contributed by atoms with Crippen molar-refractivity contribution >= 4 is 32.1 Å². The van der Waals surface area contributed by atoms with Crippen LogP contribution in [0.5, 0.6) is 0 Å². The van der Waals surface area contributed by atoms with Crippen LogP contribution >= 0.6 is 22.7 Å². The zero-order valence-corrected chi connectivity index (χ0v) is 8.18. The maximum Gasteiger partial charge on any atom is 0.252 e. The number of benzene rings is 1. The third kappa shape index (κ3) is 1.28. The van der Waals surface area contributed by atoms with Crippen molar-refractivity contribution in [3.63, 3.8) is 0 Å². The fourth-order valence-corrected chi connectivity index (χ4v) is 3.39. The minimum atomic E-state index is 1.35. The van der Waals surface area contributed by atoms with Crippen LogP contribution in [0.1, 0.15) is 9.75 Å². The molecule has 0 saturated heterocycles. The number of hydrogen-bond donors (Lipinski definition) is 0. The summed E-state index contributed by atoms with van der Waals surface area (Å²) in [4.78, 5) is 0. The van der Waals surface area contributed by atoms with Gasteiger partial charge in [-0.25, -0.2) is 0 Å². The lowest BCUT2D eigenvalue weighted by atomic mass is 10.2. The Morgan fingerprint density at radius 2 is 2.09 bits per heavy atom. The molecule has 0 fully saturated rings. The second-order valence-corrected chi connectivity index (χ2v) is 5.42. The summed E-state index contributed by atoms with van der Waals surface area (Å²) in [6.07, 6.45) is 0. The molecule has 0 bridgehead atoms. The van der Waals surface area contributed by atoms with Crippen LogP contribution in [0.15, 0.2) is 18.2 Å². The van der Waals surface area contributed by atoms with Gasteiger partial charge in [0.25, 0.3) is 4.19 Å². The highest BCUT2D eigenvalue weighted by atomic mass is 32.2. The summed E-state index contributed by atoms with van der Waals surface area (Å²) >= 11 is 3.76. The van der Waals surface area contributed by atoms with E-state index in [-0.39, 0.29) is 0 Å². The minimum Gasteiger partial charge on any atom is -0.0557 e. The molecule has 1 aromatic heterocycles. The molecule has 0 aliphatic rings. The van der Waals surface area contributed by atoms with Gasteiger partial charge in [-0.15, -0.1) is 0 Å². The van der Waals surface area contributed by atoms with Gasteiger partial charge in [-0.2, -0.15) is 0 Å². The van der Waals surface area contributed by atoms with Gasteiger partial charge in [0.1, 0.15) is 0 Å². The van der Waals surface area contributed by atoms with Crippen LogP contribution in [0.2, 0.25) is 0 Å². The second kappa shape index (κ2) is 2.54. The number of rotatable bonds is 0. The fourth-order valence-electron chi connectivity index (χ4n) is 1.11. The molecule has 0 amide bonds. The number of fused-ring (bicyclic) bond motifs is 1. The second-order valence-electron chi connectivity index (χ2n) is 2.65. The highest BCUT2D eigenvalue weighted by molar-refractivity contribution is 7.38. The van der Waals surface area contributed by atoms with Crippen molar-refractivity contribution in [2.24, 2.45) is 0 Å². The van der Waals surface area contributed by atoms with Gasteiger partial charge in [0.05, 0.1) is 22.7 Å². The summed E-state index contributed by atoms with van der Waals surface area (Å²) in [5.74, 6) is 0. The topological polar surface area (TPSA) is 0 Å². The van der Waals surface area contributed by atoms with E-state index < -0.39 is 0 Å². The number of hydrogen-bond acceptors (Lipinski definition) is 1. The van der Waals surface area contributed by atoms with E-state index in [1.165, 1.54) is 19.2 Å². The van der Waals surface area contributed by atoms with Gasteiger partial charge in [0, 0.05) is 6.92 Å². The molecule has 0 spiro atoms. The van der Waals surface area contributed by atoms with Crippen LogP contribution in [0, 0.1) is 13.8 Å². The Morgan fingerprint density at radius 1 is 1.27 bits per heavy atom. The molecule has 2 heteroatoms. The smallest absolute Gasteiger partial charge is 0.0557 e. The molecule has 0 nitrogen and oxygen atoms in total. The van der Waals surface area contributed by atoms with Gasteiger partial charge in [-0.05, 0) is 24.6 Å². The molecular formula is C9H9S2+. The summed E-state index contributed by atoms with van der Waals surface area (Å²) in [5, 5.41) is 0. The average molecular weight is 181 g/mol. The van der Waals surface area contributed by atoms with Crippen LogP contribution in [0.25, 0.3) is 9.40 Å². The summed E-state index contributed by atoms with van der Waals surface area (Å²) in [6, 6.07) is 6.63. The van der Waals surface area contributed by atoms with Crippen molar-refractivity contribution in [2.75, 3.05) is 0 Å². The van der Waals surface area contributed by atoms with Gasteiger partial charge in [-0.3, -0.25) is 0 Å². The summed E-state index contributed by atoms with van der Waals surface area (Å²) < 4.78 is 4.27. The molecule has 11 heavy (non-hydrogen) atoms. The van der Waals surface area contributed by atoms with E-state index in [9.17, 15) is 0 Å². The van der Waals surface area contributed by atoms with E-state index >= 15 is 0 Å². The first-order chi connectivity index (χ1) is 5.25. The van der Waals surface area contributed by atoms with Crippen molar-refractivity contribution in [2.45, 2.75) is 13.8 Å². The molecule has 2 rings (SSSR count). The van der Waals surface area contributed by atoms with Gasteiger partial charge < -0.3 is 0 Å². The van der Waals surface area contributed by atoms with Crippen molar-refractivity contribution in [1.82, 2.24) is 0 Å². The molecule has 0 saturated carbocycles. The summed E-state index contributed by atoms with van der Waals surface area (Å²) in [7, 11) is 0. The van der Waals surface area contributed by atoms with Gasteiger partial charge >= 0.3 is 0 Å². The molecule has 0 unspecified atom stereocenters. The van der Waals surface area contributed by atoms with Crippen molar-refractivity contribution in [3.05, 3.63) is 28.0 Å². The third-order valence-electron chi connectivity index (χ3n) is 1.61. The Hall–Kier alpha value is -0.470. The predicted octanol–water partition coefficient (Wildman–Crippen LogP) is 3.86. The largest absolute Gasteiger partial charge is 0.252 e. The van der Waals surface area contributed by atoms with E-state index in [1.54, 1.807) is 0 Å². The monoisotopic (exact) mass is 181 g/mol. The lowest BCUT2D eigenvalue weighted by Gasteiger charge is -1.83. The van der Waals surface area contributed by atoms with E-state index in [4.69, 9.17) is 0 Å². The zero-order chi connectivity index (χ0) is 7.84. The standard InChI is InChI=1S/C9H9S2/c1-6-3-4-8-9(5-6)11-7(2)10-8/h3-5H,1-2H3/q+1. The van der Waals surface area contributed by atoms with E-state index in [2.05, 4.69) is 32.0 Å². The average Bonchev–Trinajstić information content (AvgIpc) is 2.27. The zero-order valence-electron chi connectivity index (χ0n) is 6.55. The SMILES string of the molecule is Cc1ccc2[s+]c(C)sc2c1. The number of aryl methyl sites for hydroxylation is 2. The Kier molecular flexibility index (Phi) is 1.66. The Labute approximate surface area is 74.1 Å². The first-order valence-electron chi connectivity index (χ1n) is 3.55. The van der Waals surface area contributed by atoms with Crippen molar-refractivity contribution < 1.29 is 0 Å². The summed E-state index contributed by atoms with van der Waals surface area (Å²) in [5.41, 5.74) is 1.35. The first kappa shape index (κ1) is 7.19. The maximum atomic E-state index is 2.25. The quantitative estimate of drug-likeness (QED) is 0.541. The molecule has 1 aromatic carbocycles. The van der Waals surface area contributed by atoms with Crippen LogP contribution in [-0.2, 0) is 0 Å². The van der Waals surface area contributed by atoms with Crippen LogP contribution in [-0.4, -0.2) is 0 Å². The first-order valence-corrected chi connectivity index (χ1v) is 5.19. The molecule has 0 radical (unpaired) electrons. The fraction of sp³-hybridized carbons (Fsp3) is 0.222. The molecule has 0 aliphatic heterocycles. The van der Waals surface area contributed by atoms with E-state index in [1.807, 2.05) is 22.7 Å². The van der Waals surface area contributed by atoms with Gasteiger partial charge in [-0.1, -0.05) is 6.07 Å². The molecule has 56 valence electrons. The van der Waals surface area contributed by atoms with Gasteiger partial charge in [0.15, 0.2) is 9.40 Å². The van der Waals surface area contributed by atoms with Crippen molar-refractivity contribution in [1.29, 1.82) is 0 Å². The Morgan fingerprint density at radius 3 is 2.91 bits per heavy atom. The van der Waals surface area contributed by atoms with Crippen LogP contribution in [0.3, 0.4) is 0 Å². The highest BCUT2D eigenvalue weighted by Crippen LogP contribution is 2.30. The van der Waals surface area contributed by atoms with Gasteiger partial charge in [0.2, 0.25) is 0 Å². The Balaban J connectivity index is 2.82. The third-order valence-corrected chi connectivity index (χ3v) is 3.94. The molecule has 0 N–H and O–H groups in total. The summed E-state index contributed by atoms with van der Waals surface area (Å²) in [6.45, 7) is 4.31. The van der Waals surface area contributed by atoms with Crippen LogP contribution < -0.4 is 0 Å².